The van der Waals surface area contributed by atoms with Gasteiger partial charge in [0.1, 0.15) is 11.9 Å². The number of anilines is 1. The summed E-state index contributed by atoms with van der Waals surface area (Å²) in [5.41, 5.74) is 4.66. The van der Waals surface area contributed by atoms with Gasteiger partial charge in [0.15, 0.2) is 47.1 Å². The SMILES string of the molecule is Nc1nc2c(ncn2[C@@H]2OC3PC[C@H]4[C@H](F)[C@H](n5cnc6c(=O)[nH]cnc65)O[C@@H]4COP(O)(=S)O[C@@H]2[C@@H]3F)c(=O)[nH]1. The van der Waals surface area contributed by atoms with E-state index in [2.05, 4.69) is 29.9 Å². The molecule has 3 aliphatic heterocycles. The molecule has 7 rings (SSSR count). The van der Waals surface area contributed by atoms with Crippen LogP contribution in [0.4, 0.5) is 14.7 Å². The Morgan fingerprint density at radius 2 is 1.80 bits per heavy atom. The molecule has 5 N–H and O–H groups in total. The largest absolute Gasteiger partial charge is 0.369 e. The van der Waals surface area contributed by atoms with Crippen molar-refractivity contribution in [3.05, 3.63) is 39.7 Å². The fraction of sp³-hybridized carbons (Fsp3) is 0.500. The highest BCUT2D eigenvalue weighted by Gasteiger charge is 2.53. The smallest absolute Gasteiger partial charge is 0.325 e. The molecule has 218 valence electrons. The van der Waals surface area contributed by atoms with E-state index in [1.807, 2.05) is 0 Å². The number of nitrogens with two attached hydrogens (primary N) is 1. The van der Waals surface area contributed by atoms with Crippen LogP contribution in [0, 0.1) is 5.92 Å². The fourth-order valence-corrected chi connectivity index (χ4v) is 8.36. The van der Waals surface area contributed by atoms with Crippen LogP contribution in [-0.2, 0) is 30.3 Å². The Hall–Kier alpha value is -2.76. The summed E-state index contributed by atoms with van der Waals surface area (Å²) in [5, 5.41) is 0. The molecular formula is C20H21F2N9O7P2S. The molecule has 10 atom stereocenters. The van der Waals surface area contributed by atoms with Gasteiger partial charge in [-0.05, 0) is 18.0 Å². The van der Waals surface area contributed by atoms with Gasteiger partial charge in [-0.2, -0.15) is 4.98 Å². The summed E-state index contributed by atoms with van der Waals surface area (Å²) in [6, 6.07) is 0. The highest BCUT2D eigenvalue weighted by molar-refractivity contribution is 8.07. The number of aromatic nitrogens is 8. The number of hydrogen-bond donors (Lipinski definition) is 4. The van der Waals surface area contributed by atoms with Crippen molar-refractivity contribution < 1.29 is 32.2 Å². The summed E-state index contributed by atoms with van der Waals surface area (Å²) in [7, 11) is -0.278. The van der Waals surface area contributed by atoms with Gasteiger partial charge < -0.3 is 29.6 Å². The van der Waals surface area contributed by atoms with Crippen molar-refractivity contribution in [2.45, 2.75) is 42.9 Å². The summed E-state index contributed by atoms with van der Waals surface area (Å²) in [5.74, 6) is -2.11. The van der Waals surface area contributed by atoms with Crippen molar-refractivity contribution in [1.29, 1.82) is 0 Å². The van der Waals surface area contributed by atoms with E-state index < -0.39 is 66.6 Å². The molecule has 0 radical (unpaired) electrons. The molecule has 0 aromatic carbocycles. The predicted octanol–water partition coefficient (Wildman–Crippen LogP) is 0.190. The van der Waals surface area contributed by atoms with Gasteiger partial charge in [0.25, 0.3) is 11.1 Å². The molecule has 3 saturated heterocycles. The number of nitrogens with zero attached hydrogens (tertiary/aromatic N) is 6. The van der Waals surface area contributed by atoms with E-state index in [4.69, 9.17) is 36.1 Å². The number of alkyl halides is 2. The van der Waals surface area contributed by atoms with Crippen molar-refractivity contribution in [3.8, 4) is 0 Å². The van der Waals surface area contributed by atoms with Crippen LogP contribution in [0.15, 0.2) is 28.6 Å². The monoisotopic (exact) mass is 631 g/mol. The first-order valence-electron chi connectivity index (χ1n) is 12.2. The molecule has 0 amide bonds. The molecule has 3 fully saturated rings. The van der Waals surface area contributed by atoms with Gasteiger partial charge in [-0.25, -0.2) is 23.7 Å². The minimum atomic E-state index is -4.13. The van der Waals surface area contributed by atoms with E-state index >= 15 is 8.78 Å². The van der Waals surface area contributed by atoms with Gasteiger partial charge in [0.05, 0.1) is 31.7 Å². The third-order valence-electron chi connectivity index (χ3n) is 7.22. The second-order valence-electron chi connectivity index (χ2n) is 9.64. The zero-order chi connectivity index (χ0) is 28.6. The molecule has 2 bridgehead atoms. The van der Waals surface area contributed by atoms with Crippen LogP contribution in [0.5, 0.6) is 0 Å². The molecule has 0 aliphatic carbocycles. The number of halogens is 2. The minimum absolute atomic E-state index is 0.0104. The standard InChI is InChI=1S/C20H21F2N9O7P2S/c21-8-6-2-39-19-9(22)12(18(37-19)31-5-27-11-14(31)28-20(23)29-16(11)33)38-40(34,41)35-1-7(6)36-17(8)30-4-26-10-13(30)24-3-25-15(10)32/h3-9,12,17-19,39H,1-2H2,(H,34,41)(H,24,25,32)(H3,23,28,29,33)/t6-,7-,8+,9+,12-,17-,18-,19?,40?/m1/s1. The van der Waals surface area contributed by atoms with Crippen LogP contribution < -0.4 is 16.9 Å². The third kappa shape index (κ3) is 4.51. The van der Waals surface area contributed by atoms with Crippen LogP contribution in [0.1, 0.15) is 12.5 Å². The number of imidazole rings is 2. The molecule has 0 spiro atoms. The molecule has 3 unspecified atom stereocenters. The normalized spacial score (nSPS) is 36.6. The van der Waals surface area contributed by atoms with Gasteiger partial charge in [-0.15, -0.1) is 0 Å². The number of rotatable bonds is 2. The van der Waals surface area contributed by atoms with E-state index in [-0.39, 0.29) is 49.6 Å². The Morgan fingerprint density at radius 3 is 2.59 bits per heavy atom. The van der Waals surface area contributed by atoms with Crippen LogP contribution >= 0.6 is 15.3 Å². The van der Waals surface area contributed by atoms with E-state index in [0.29, 0.717) is 0 Å². The molecular weight excluding hydrogens is 610 g/mol. The molecule has 21 heteroatoms. The molecule has 0 saturated carbocycles. The Balaban J connectivity index is 1.21. The fourth-order valence-electron chi connectivity index (χ4n) is 5.31. The van der Waals surface area contributed by atoms with Gasteiger partial charge in [0.2, 0.25) is 5.95 Å². The average molecular weight is 631 g/mol. The Labute approximate surface area is 233 Å². The molecule has 4 aromatic heterocycles. The van der Waals surface area contributed by atoms with Crippen LogP contribution in [0.2, 0.25) is 0 Å². The van der Waals surface area contributed by atoms with Crippen LogP contribution in [-0.4, -0.2) is 87.1 Å². The predicted molar refractivity (Wildman–Crippen MR) is 142 cm³/mol. The maximum atomic E-state index is 16.0. The lowest BCUT2D eigenvalue weighted by Gasteiger charge is -2.26. The molecule has 4 aromatic rings. The molecule has 7 heterocycles. The van der Waals surface area contributed by atoms with Crippen molar-refractivity contribution in [1.82, 2.24) is 39.0 Å². The van der Waals surface area contributed by atoms with Gasteiger partial charge in [-0.3, -0.25) is 28.2 Å². The van der Waals surface area contributed by atoms with Crippen molar-refractivity contribution in [2.75, 3.05) is 18.5 Å². The number of ether oxygens (including phenoxy) is 2. The Kier molecular flexibility index (Phi) is 6.55. The van der Waals surface area contributed by atoms with Crippen LogP contribution in [0.25, 0.3) is 22.3 Å². The lowest BCUT2D eigenvalue weighted by molar-refractivity contribution is -0.0428. The number of H-pyrrole nitrogens is 2. The highest BCUT2D eigenvalue weighted by Crippen LogP contribution is 2.54. The summed E-state index contributed by atoms with van der Waals surface area (Å²) in [4.78, 5) is 56.2. The number of aromatic amines is 2. The van der Waals surface area contributed by atoms with E-state index in [0.717, 1.165) is 0 Å². The van der Waals surface area contributed by atoms with E-state index in [9.17, 15) is 14.5 Å². The first kappa shape index (κ1) is 27.1. The summed E-state index contributed by atoms with van der Waals surface area (Å²) < 4.78 is 57.6. The minimum Gasteiger partial charge on any atom is -0.369 e. The first-order valence-corrected chi connectivity index (χ1v) is 16.1. The third-order valence-corrected chi connectivity index (χ3v) is 10.3. The highest BCUT2D eigenvalue weighted by atomic mass is 32.5. The van der Waals surface area contributed by atoms with Crippen molar-refractivity contribution >= 4 is 55.4 Å². The second kappa shape index (κ2) is 9.91. The number of hydrogen-bond acceptors (Lipinski definition) is 12. The van der Waals surface area contributed by atoms with E-state index in [1.165, 1.54) is 28.1 Å². The van der Waals surface area contributed by atoms with Gasteiger partial charge in [-0.1, -0.05) is 8.58 Å². The first-order chi connectivity index (χ1) is 19.6. The lowest BCUT2D eigenvalue weighted by atomic mass is 10.0. The quantitative estimate of drug-likeness (QED) is 0.218. The van der Waals surface area contributed by atoms with Crippen LogP contribution in [0.3, 0.4) is 0 Å². The van der Waals surface area contributed by atoms with Crippen molar-refractivity contribution in [2.24, 2.45) is 5.92 Å². The Morgan fingerprint density at radius 1 is 1.07 bits per heavy atom. The molecule has 3 aliphatic rings. The number of fused-ring (bicyclic) bond motifs is 5. The zero-order valence-corrected chi connectivity index (χ0v) is 23.2. The van der Waals surface area contributed by atoms with Crippen molar-refractivity contribution in [3.63, 3.8) is 0 Å². The summed E-state index contributed by atoms with van der Waals surface area (Å²) >= 11 is 5.18. The summed E-state index contributed by atoms with van der Waals surface area (Å²) in [6.07, 6.45) is -4.52. The number of nitrogen functional groups attached to an aromatic ring is 1. The second-order valence-corrected chi connectivity index (χ2v) is 13.8. The van der Waals surface area contributed by atoms with Gasteiger partial charge in [0, 0.05) is 5.92 Å². The Bertz CT molecular complexity index is 1820. The van der Waals surface area contributed by atoms with E-state index in [1.54, 1.807) is 0 Å². The average Bonchev–Trinajstić information content (AvgIpc) is 3.67. The van der Waals surface area contributed by atoms with Gasteiger partial charge >= 0.3 is 6.72 Å². The lowest BCUT2D eigenvalue weighted by Crippen LogP contribution is -2.30. The molecule has 41 heavy (non-hydrogen) atoms. The maximum Gasteiger partial charge on any atom is 0.325 e. The summed E-state index contributed by atoms with van der Waals surface area (Å²) in [6.45, 7) is -4.48. The molecule has 16 nitrogen and oxygen atoms in total. The maximum absolute atomic E-state index is 16.0. The number of nitrogens with one attached hydrogen (secondary N) is 2. The zero-order valence-electron chi connectivity index (χ0n) is 20.5. The topological polar surface area (TPSA) is 210 Å².